The Bertz CT molecular complexity index is 1300. The highest BCUT2D eigenvalue weighted by atomic mass is 14.9. The molecular weight excluding hydrogens is 472 g/mol. The fraction of sp³-hybridized carbons (Fsp3) is 0.189. The summed E-state index contributed by atoms with van der Waals surface area (Å²) in [5.74, 6) is 0.179. The average molecular weight is 511 g/mol. The van der Waals surface area contributed by atoms with Crippen molar-refractivity contribution in [3.8, 4) is 0 Å². The van der Waals surface area contributed by atoms with Crippen molar-refractivity contribution in [1.82, 2.24) is 0 Å². The lowest BCUT2D eigenvalue weighted by Crippen LogP contribution is -2.18. The van der Waals surface area contributed by atoms with Gasteiger partial charge in [-0.1, -0.05) is 115 Å². The van der Waals surface area contributed by atoms with E-state index in [1.807, 2.05) is 0 Å². The standard InChI is InChI=1S/C37H38N2/c1-28(26-30-12-6-3-7-13-30)38-35-22-18-33(19-23-35)37(32-16-10-5-11-17-32)34-20-24-36(25-21-34)39-29(2)27-31-14-8-4-9-15-31/h3-25,28-29,37-39H,26-27H2,1-2H3. The first kappa shape index (κ1) is 26.3. The molecule has 2 atom stereocenters. The molecule has 5 rings (SSSR count). The largest absolute Gasteiger partial charge is 0.382 e. The van der Waals surface area contributed by atoms with Crippen molar-refractivity contribution in [3.63, 3.8) is 0 Å². The third-order valence-electron chi connectivity index (χ3n) is 7.22. The molecule has 5 aromatic rings. The summed E-state index contributed by atoms with van der Waals surface area (Å²) in [6, 6.07) is 50.8. The Labute approximate surface area is 233 Å². The van der Waals surface area contributed by atoms with Crippen LogP contribution in [0.4, 0.5) is 11.4 Å². The minimum absolute atomic E-state index is 0.179. The predicted octanol–water partition coefficient (Wildman–Crippen LogP) is 8.95. The molecule has 0 aromatic heterocycles. The van der Waals surface area contributed by atoms with E-state index >= 15 is 0 Å². The summed E-state index contributed by atoms with van der Waals surface area (Å²) in [5, 5.41) is 7.34. The van der Waals surface area contributed by atoms with Crippen LogP contribution in [0.15, 0.2) is 140 Å². The summed E-state index contributed by atoms with van der Waals surface area (Å²) in [5.41, 5.74) is 8.90. The second kappa shape index (κ2) is 13.0. The van der Waals surface area contributed by atoms with Crippen molar-refractivity contribution in [1.29, 1.82) is 0 Å². The van der Waals surface area contributed by atoms with E-state index < -0.39 is 0 Å². The van der Waals surface area contributed by atoms with Gasteiger partial charge < -0.3 is 10.6 Å². The molecule has 0 fully saturated rings. The molecular formula is C37H38N2. The lowest BCUT2D eigenvalue weighted by Gasteiger charge is -2.21. The molecule has 0 radical (unpaired) electrons. The number of anilines is 2. The van der Waals surface area contributed by atoms with Gasteiger partial charge in [0.25, 0.3) is 0 Å². The monoisotopic (exact) mass is 510 g/mol. The maximum atomic E-state index is 3.67. The van der Waals surface area contributed by atoms with E-state index in [0.717, 1.165) is 24.2 Å². The maximum absolute atomic E-state index is 3.67. The van der Waals surface area contributed by atoms with Crippen LogP contribution in [0.2, 0.25) is 0 Å². The van der Waals surface area contributed by atoms with Gasteiger partial charge in [0.05, 0.1) is 0 Å². The van der Waals surface area contributed by atoms with Gasteiger partial charge >= 0.3 is 0 Å². The van der Waals surface area contributed by atoms with Crippen LogP contribution in [0.5, 0.6) is 0 Å². The Morgan fingerprint density at radius 1 is 0.410 bits per heavy atom. The summed E-state index contributed by atoms with van der Waals surface area (Å²) in [7, 11) is 0. The highest BCUT2D eigenvalue weighted by Gasteiger charge is 2.17. The molecule has 2 N–H and O–H groups in total. The zero-order chi connectivity index (χ0) is 26.9. The fourth-order valence-electron chi connectivity index (χ4n) is 5.37. The molecule has 0 saturated heterocycles. The van der Waals surface area contributed by atoms with Gasteiger partial charge in [0.2, 0.25) is 0 Å². The van der Waals surface area contributed by atoms with Gasteiger partial charge in [-0.2, -0.15) is 0 Å². The summed E-state index contributed by atoms with van der Waals surface area (Å²) in [6.45, 7) is 4.48. The summed E-state index contributed by atoms with van der Waals surface area (Å²) >= 11 is 0. The van der Waals surface area contributed by atoms with Crippen LogP contribution < -0.4 is 10.6 Å². The van der Waals surface area contributed by atoms with E-state index in [9.17, 15) is 0 Å². The number of benzene rings is 5. The molecule has 0 saturated carbocycles. The Morgan fingerprint density at radius 3 is 1.13 bits per heavy atom. The van der Waals surface area contributed by atoms with Crippen molar-refractivity contribution < 1.29 is 0 Å². The molecule has 0 aliphatic heterocycles. The van der Waals surface area contributed by atoms with E-state index in [1.165, 1.54) is 27.8 Å². The van der Waals surface area contributed by atoms with Gasteiger partial charge in [0, 0.05) is 29.4 Å². The van der Waals surface area contributed by atoms with E-state index in [4.69, 9.17) is 0 Å². The Morgan fingerprint density at radius 2 is 0.744 bits per heavy atom. The molecule has 0 spiro atoms. The van der Waals surface area contributed by atoms with Crippen LogP contribution in [0.3, 0.4) is 0 Å². The van der Waals surface area contributed by atoms with Crippen molar-refractivity contribution in [3.05, 3.63) is 167 Å². The molecule has 39 heavy (non-hydrogen) atoms. The fourth-order valence-corrected chi connectivity index (χ4v) is 5.37. The Kier molecular flexibility index (Phi) is 8.75. The van der Waals surface area contributed by atoms with Crippen molar-refractivity contribution in [2.75, 3.05) is 10.6 Å². The summed E-state index contributed by atoms with van der Waals surface area (Å²) < 4.78 is 0. The van der Waals surface area contributed by atoms with Crippen molar-refractivity contribution in [2.45, 2.75) is 44.7 Å². The molecule has 0 amide bonds. The molecule has 0 heterocycles. The molecule has 196 valence electrons. The van der Waals surface area contributed by atoms with Crippen molar-refractivity contribution >= 4 is 11.4 Å². The Hall–Kier alpha value is -4.30. The lowest BCUT2D eigenvalue weighted by atomic mass is 9.85. The van der Waals surface area contributed by atoms with Crippen LogP contribution in [0.1, 0.15) is 47.6 Å². The van der Waals surface area contributed by atoms with E-state index in [0.29, 0.717) is 12.1 Å². The van der Waals surface area contributed by atoms with Gasteiger partial charge in [0.15, 0.2) is 0 Å². The molecule has 0 bridgehead atoms. The number of hydrogen-bond donors (Lipinski definition) is 2. The summed E-state index contributed by atoms with van der Waals surface area (Å²) in [6.07, 6.45) is 2.00. The van der Waals surface area contributed by atoms with Gasteiger partial charge in [-0.05, 0) is 78.8 Å². The van der Waals surface area contributed by atoms with Gasteiger partial charge in [-0.3, -0.25) is 0 Å². The van der Waals surface area contributed by atoms with Crippen LogP contribution >= 0.6 is 0 Å². The first-order valence-electron chi connectivity index (χ1n) is 14.0. The van der Waals surface area contributed by atoms with Crippen LogP contribution in [-0.2, 0) is 12.8 Å². The van der Waals surface area contributed by atoms with Crippen molar-refractivity contribution in [2.24, 2.45) is 0 Å². The second-order valence-corrected chi connectivity index (χ2v) is 10.6. The van der Waals surface area contributed by atoms with Crippen LogP contribution in [0.25, 0.3) is 0 Å². The normalized spacial score (nSPS) is 13.3. The Balaban J connectivity index is 1.29. The summed E-state index contributed by atoms with van der Waals surface area (Å²) in [4.78, 5) is 0. The van der Waals surface area contributed by atoms with Crippen LogP contribution in [0, 0.1) is 0 Å². The molecule has 2 heteroatoms. The quantitative estimate of drug-likeness (QED) is 0.173. The van der Waals surface area contributed by atoms with E-state index in [-0.39, 0.29) is 5.92 Å². The molecule has 0 aliphatic carbocycles. The maximum Gasteiger partial charge on any atom is 0.0342 e. The predicted molar refractivity (Wildman–Crippen MR) is 167 cm³/mol. The van der Waals surface area contributed by atoms with Gasteiger partial charge in [-0.25, -0.2) is 0 Å². The third-order valence-corrected chi connectivity index (χ3v) is 7.22. The lowest BCUT2D eigenvalue weighted by molar-refractivity contribution is 0.790. The highest BCUT2D eigenvalue weighted by Crippen LogP contribution is 2.33. The SMILES string of the molecule is CC(Cc1ccccc1)Nc1ccc(C(c2ccccc2)c2ccc(NC(C)Cc3ccccc3)cc2)cc1. The first-order chi connectivity index (χ1) is 19.1. The smallest absolute Gasteiger partial charge is 0.0342 e. The molecule has 2 nitrogen and oxygen atoms in total. The van der Waals surface area contributed by atoms with Gasteiger partial charge in [0.1, 0.15) is 0 Å². The highest BCUT2D eigenvalue weighted by molar-refractivity contribution is 5.53. The molecule has 2 unspecified atom stereocenters. The minimum atomic E-state index is 0.179. The zero-order valence-corrected chi connectivity index (χ0v) is 22.9. The second-order valence-electron chi connectivity index (χ2n) is 10.6. The number of rotatable bonds is 11. The average Bonchev–Trinajstić information content (AvgIpc) is 2.96. The molecule has 0 aliphatic rings. The van der Waals surface area contributed by atoms with E-state index in [1.54, 1.807) is 0 Å². The van der Waals surface area contributed by atoms with E-state index in [2.05, 4.69) is 164 Å². The third kappa shape index (κ3) is 7.39. The number of nitrogens with one attached hydrogen (secondary N) is 2. The molecule has 5 aromatic carbocycles. The first-order valence-corrected chi connectivity index (χ1v) is 14.0. The van der Waals surface area contributed by atoms with Crippen LogP contribution in [-0.4, -0.2) is 12.1 Å². The zero-order valence-electron chi connectivity index (χ0n) is 22.9. The topological polar surface area (TPSA) is 24.1 Å². The number of hydrogen-bond acceptors (Lipinski definition) is 2. The van der Waals surface area contributed by atoms with Gasteiger partial charge in [-0.15, -0.1) is 0 Å². The minimum Gasteiger partial charge on any atom is -0.382 e.